The standard InChI is InChI=1S/C20H25N7/c21-20-23-7-5-16(25-20)15-12-24-19-18(15)17(6-8-22-19)27-11-3-4-14(27)13-26-9-1-2-10-26/h5-8,12,14H,1-4,9-11,13H2,(H,22,24)(H2,21,23,25). The molecule has 2 aliphatic rings. The number of anilines is 2. The van der Waals surface area contributed by atoms with Crippen molar-refractivity contribution in [3.05, 3.63) is 30.7 Å². The van der Waals surface area contributed by atoms with Crippen molar-refractivity contribution in [1.82, 2.24) is 24.8 Å². The normalized spacial score (nSPS) is 20.7. The summed E-state index contributed by atoms with van der Waals surface area (Å²) >= 11 is 0. The maximum atomic E-state index is 5.82. The van der Waals surface area contributed by atoms with Gasteiger partial charge in [-0.2, -0.15) is 0 Å². The molecule has 5 rings (SSSR count). The van der Waals surface area contributed by atoms with Crippen LogP contribution < -0.4 is 10.6 Å². The molecule has 1 unspecified atom stereocenters. The van der Waals surface area contributed by atoms with E-state index in [2.05, 4.69) is 35.8 Å². The smallest absolute Gasteiger partial charge is 0.220 e. The molecule has 0 spiro atoms. The molecule has 1 atom stereocenters. The lowest BCUT2D eigenvalue weighted by molar-refractivity contribution is 0.314. The fraction of sp³-hybridized carbons (Fsp3) is 0.450. The van der Waals surface area contributed by atoms with E-state index in [4.69, 9.17) is 5.73 Å². The Bertz CT molecular complexity index is 944. The van der Waals surface area contributed by atoms with Crippen LogP contribution in [0.2, 0.25) is 0 Å². The summed E-state index contributed by atoms with van der Waals surface area (Å²) in [6.07, 6.45) is 10.8. The highest BCUT2D eigenvalue weighted by atomic mass is 15.2. The van der Waals surface area contributed by atoms with Crippen molar-refractivity contribution in [2.45, 2.75) is 31.7 Å². The number of pyridine rings is 1. The third-order valence-corrected chi connectivity index (χ3v) is 5.86. The van der Waals surface area contributed by atoms with Crippen LogP contribution in [0.3, 0.4) is 0 Å². The predicted octanol–water partition coefficient (Wildman–Crippen LogP) is 2.67. The van der Waals surface area contributed by atoms with Crippen LogP contribution in [0.5, 0.6) is 0 Å². The fourth-order valence-corrected chi connectivity index (χ4v) is 4.61. The van der Waals surface area contributed by atoms with Crippen LogP contribution in [0.4, 0.5) is 11.6 Å². The molecule has 0 aromatic carbocycles. The molecule has 3 aromatic rings. The minimum Gasteiger partial charge on any atom is -0.368 e. The second-order valence-corrected chi connectivity index (χ2v) is 7.55. The van der Waals surface area contributed by atoms with E-state index in [-0.39, 0.29) is 0 Å². The van der Waals surface area contributed by atoms with Crippen molar-refractivity contribution in [3.8, 4) is 11.3 Å². The predicted molar refractivity (Wildman–Crippen MR) is 108 cm³/mol. The van der Waals surface area contributed by atoms with Gasteiger partial charge in [0, 0.05) is 43.3 Å². The first kappa shape index (κ1) is 16.5. The van der Waals surface area contributed by atoms with Crippen LogP contribution in [0.1, 0.15) is 25.7 Å². The maximum Gasteiger partial charge on any atom is 0.220 e. The van der Waals surface area contributed by atoms with Crippen molar-refractivity contribution in [1.29, 1.82) is 0 Å². The van der Waals surface area contributed by atoms with E-state index in [1.165, 1.54) is 44.5 Å². The van der Waals surface area contributed by atoms with Gasteiger partial charge in [-0.3, -0.25) is 0 Å². The van der Waals surface area contributed by atoms with Crippen molar-refractivity contribution in [2.24, 2.45) is 0 Å². The Balaban J connectivity index is 1.55. The molecule has 0 saturated carbocycles. The van der Waals surface area contributed by atoms with Gasteiger partial charge in [0.1, 0.15) is 5.65 Å². The Morgan fingerprint density at radius 3 is 2.78 bits per heavy atom. The average molecular weight is 363 g/mol. The SMILES string of the molecule is Nc1nccc(-c2c[nH]c3nccc(N4CCCC4CN4CCCC4)c23)n1. The van der Waals surface area contributed by atoms with E-state index in [1.807, 2.05) is 18.5 Å². The first-order chi connectivity index (χ1) is 13.3. The summed E-state index contributed by atoms with van der Waals surface area (Å²) in [7, 11) is 0. The number of aromatic amines is 1. The minimum absolute atomic E-state index is 0.292. The number of nitrogens with one attached hydrogen (secondary N) is 1. The van der Waals surface area contributed by atoms with Gasteiger partial charge in [-0.25, -0.2) is 15.0 Å². The second-order valence-electron chi connectivity index (χ2n) is 7.55. The lowest BCUT2D eigenvalue weighted by atomic mass is 10.1. The van der Waals surface area contributed by atoms with Crippen LogP contribution in [-0.4, -0.2) is 57.1 Å². The summed E-state index contributed by atoms with van der Waals surface area (Å²) in [5, 5.41) is 1.13. The number of H-pyrrole nitrogens is 1. The maximum absolute atomic E-state index is 5.82. The number of likely N-dealkylation sites (tertiary alicyclic amines) is 1. The molecule has 0 bridgehead atoms. The monoisotopic (exact) mass is 363 g/mol. The summed E-state index contributed by atoms with van der Waals surface area (Å²) in [4.78, 5) is 21.5. The Morgan fingerprint density at radius 2 is 1.93 bits per heavy atom. The largest absolute Gasteiger partial charge is 0.368 e. The Kier molecular flexibility index (Phi) is 4.16. The molecule has 27 heavy (non-hydrogen) atoms. The molecule has 3 N–H and O–H groups in total. The van der Waals surface area contributed by atoms with E-state index >= 15 is 0 Å². The molecule has 7 heteroatoms. The molecule has 7 nitrogen and oxygen atoms in total. The molecule has 2 fully saturated rings. The van der Waals surface area contributed by atoms with Gasteiger partial charge >= 0.3 is 0 Å². The second kappa shape index (κ2) is 6.81. The first-order valence-corrected chi connectivity index (χ1v) is 9.83. The topological polar surface area (TPSA) is 87.0 Å². The molecule has 3 aromatic heterocycles. The molecule has 2 saturated heterocycles. The van der Waals surface area contributed by atoms with E-state index in [0.717, 1.165) is 35.4 Å². The molecular formula is C20H25N7. The molecule has 0 amide bonds. The molecule has 5 heterocycles. The van der Waals surface area contributed by atoms with Crippen LogP contribution in [0, 0.1) is 0 Å². The van der Waals surface area contributed by atoms with Crippen molar-refractivity contribution in [2.75, 3.05) is 36.8 Å². The van der Waals surface area contributed by atoms with Crippen LogP contribution in [-0.2, 0) is 0 Å². The van der Waals surface area contributed by atoms with Gasteiger partial charge in [0.15, 0.2) is 0 Å². The van der Waals surface area contributed by atoms with Crippen LogP contribution in [0.15, 0.2) is 30.7 Å². The zero-order valence-electron chi connectivity index (χ0n) is 15.4. The number of rotatable bonds is 4. The molecule has 0 radical (unpaired) electrons. The van der Waals surface area contributed by atoms with Gasteiger partial charge in [-0.15, -0.1) is 0 Å². The highest BCUT2D eigenvalue weighted by Crippen LogP contribution is 2.37. The van der Waals surface area contributed by atoms with Gasteiger partial charge in [-0.1, -0.05) is 0 Å². The van der Waals surface area contributed by atoms with Crippen molar-refractivity contribution >= 4 is 22.7 Å². The third kappa shape index (κ3) is 3.02. The lowest BCUT2D eigenvalue weighted by Gasteiger charge is -2.30. The van der Waals surface area contributed by atoms with Gasteiger partial charge < -0.3 is 20.5 Å². The molecular weight excluding hydrogens is 338 g/mol. The number of hydrogen-bond acceptors (Lipinski definition) is 6. The zero-order chi connectivity index (χ0) is 18.2. The Labute approximate surface area is 158 Å². The van der Waals surface area contributed by atoms with Crippen molar-refractivity contribution in [3.63, 3.8) is 0 Å². The lowest BCUT2D eigenvalue weighted by Crippen LogP contribution is -2.39. The quantitative estimate of drug-likeness (QED) is 0.741. The number of nitrogens with two attached hydrogens (primary N) is 1. The summed E-state index contributed by atoms with van der Waals surface area (Å²) in [6.45, 7) is 4.73. The van der Waals surface area contributed by atoms with Gasteiger partial charge in [0.2, 0.25) is 5.95 Å². The summed E-state index contributed by atoms with van der Waals surface area (Å²) in [6, 6.07) is 4.61. The van der Waals surface area contributed by atoms with Crippen LogP contribution in [0.25, 0.3) is 22.3 Å². The number of nitrogens with zero attached hydrogens (tertiary/aromatic N) is 5. The molecule has 0 aliphatic carbocycles. The molecule has 2 aliphatic heterocycles. The highest BCUT2D eigenvalue weighted by molar-refractivity contribution is 6.02. The van der Waals surface area contributed by atoms with Gasteiger partial charge in [-0.05, 0) is 50.9 Å². The summed E-state index contributed by atoms with van der Waals surface area (Å²) < 4.78 is 0. The molecule has 140 valence electrons. The zero-order valence-corrected chi connectivity index (χ0v) is 15.4. The Hall–Kier alpha value is -2.67. The van der Waals surface area contributed by atoms with E-state index < -0.39 is 0 Å². The van der Waals surface area contributed by atoms with E-state index in [1.54, 1.807) is 6.20 Å². The average Bonchev–Trinajstić information content (AvgIpc) is 3.42. The number of hydrogen-bond donors (Lipinski definition) is 2. The Morgan fingerprint density at radius 1 is 1.07 bits per heavy atom. The summed E-state index contributed by atoms with van der Waals surface area (Å²) in [5.74, 6) is 0.292. The minimum atomic E-state index is 0.292. The van der Waals surface area contributed by atoms with Crippen molar-refractivity contribution < 1.29 is 0 Å². The number of aromatic nitrogens is 4. The highest BCUT2D eigenvalue weighted by Gasteiger charge is 2.29. The fourth-order valence-electron chi connectivity index (χ4n) is 4.61. The third-order valence-electron chi connectivity index (χ3n) is 5.86. The number of nitrogen functional groups attached to an aromatic ring is 1. The van der Waals surface area contributed by atoms with Gasteiger partial charge in [0.25, 0.3) is 0 Å². The number of fused-ring (bicyclic) bond motifs is 1. The summed E-state index contributed by atoms with van der Waals surface area (Å²) in [5.41, 5.74) is 9.83. The van der Waals surface area contributed by atoms with Gasteiger partial charge in [0.05, 0.1) is 16.8 Å². The van der Waals surface area contributed by atoms with Crippen LogP contribution >= 0.6 is 0 Å². The van der Waals surface area contributed by atoms with E-state index in [0.29, 0.717) is 12.0 Å². The van der Waals surface area contributed by atoms with E-state index in [9.17, 15) is 0 Å². The first-order valence-electron chi connectivity index (χ1n) is 9.83.